The van der Waals surface area contributed by atoms with Crippen molar-refractivity contribution in [3.63, 3.8) is 0 Å². The maximum absolute atomic E-state index is 14.1. The van der Waals surface area contributed by atoms with Crippen LogP contribution in [-0.2, 0) is 26.2 Å². The lowest BCUT2D eigenvalue weighted by molar-refractivity contribution is -0.140. The van der Waals surface area contributed by atoms with Gasteiger partial charge < -0.3 is 10.2 Å². The van der Waals surface area contributed by atoms with Crippen molar-refractivity contribution in [2.75, 3.05) is 17.4 Å². The first kappa shape index (κ1) is 32.2. The Morgan fingerprint density at radius 1 is 0.902 bits per heavy atom. The van der Waals surface area contributed by atoms with Gasteiger partial charge in [-0.05, 0) is 60.2 Å². The number of amides is 2. The molecule has 0 spiro atoms. The van der Waals surface area contributed by atoms with E-state index in [1.165, 1.54) is 17.0 Å². The number of rotatable bonds is 14. The predicted octanol–water partition coefficient (Wildman–Crippen LogP) is 6.38. The van der Waals surface area contributed by atoms with Crippen molar-refractivity contribution in [2.24, 2.45) is 0 Å². The third-order valence-electron chi connectivity index (χ3n) is 6.97. The molecule has 9 heteroatoms. The van der Waals surface area contributed by atoms with E-state index in [0.29, 0.717) is 29.2 Å². The van der Waals surface area contributed by atoms with Gasteiger partial charge in [-0.1, -0.05) is 94.2 Å². The number of nitrogens with one attached hydrogen (secondary N) is 1. The second-order valence-electron chi connectivity index (χ2n) is 10.3. The van der Waals surface area contributed by atoms with Crippen LogP contribution >= 0.6 is 11.6 Å². The molecule has 0 saturated heterocycles. The number of carbonyl (C=O) groups is 2. The van der Waals surface area contributed by atoms with Crippen LogP contribution in [0.25, 0.3) is 0 Å². The van der Waals surface area contributed by atoms with E-state index in [1.807, 2.05) is 32.0 Å². The minimum atomic E-state index is -4.11. The highest BCUT2D eigenvalue weighted by atomic mass is 35.5. The van der Waals surface area contributed by atoms with E-state index in [0.717, 1.165) is 22.7 Å². The maximum atomic E-state index is 14.1. The van der Waals surface area contributed by atoms with Gasteiger partial charge in [0, 0.05) is 18.1 Å². The van der Waals surface area contributed by atoms with Crippen LogP contribution in [-0.4, -0.2) is 44.3 Å². The first-order valence-electron chi connectivity index (χ1n) is 14.1. The fraction of sp³-hybridized carbons (Fsp3) is 0.375. The Bertz CT molecular complexity index is 1400. The first-order valence-corrected chi connectivity index (χ1v) is 15.9. The number of nitrogens with zero attached hydrogens (tertiary/aromatic N) is 2. The van der Waals surface area contributed by atoms with Crippen LogP contribution < -0.4 is 9.62 Å². The molecule has 0 aromatic heterocycles. The molecule has 0 aliphatic carbocycles. The van der Waals surface area contributed by atoms with E-state index in [9.17, 15) is 18.0 Å². The topological polar surface area (TPSA) is 86.8 Å². The van der Waals surface area contributed by atoms with E-state index >= 15 is 0 Å². The van der Waals surface area contributed by atoms with Crippen molar-refractivity contribution in [2.45, 2.75) is 70.4 Å². The summed E-state index contributed by atoms with van der Waals surface area (Å²) in [7, 11) is -4.11. The van der Waals surface area contributed by atoms with E-state index in [4.69, 9.17) is 11.6 Å². The van der Waals surface area contributed by atoms with Gasteiger partial charge in [0.15, 0.2) is 0 Å². The summed E-state index contributed by atoms with van der Waals surface area (Å²) in [6.07, 6.45) is 2.08. The molecule has 3 rings (SSSR count). The molecule has 1 N–H and O–H groups in total. The van der Waals surface area contributed by atoms with Gasteiger partial charge in [0.05, 0.1) is 10.6 Å². The average Bonchev–Trinajstić information content (AvgIpc) is 2.97. The number of carbonyl (C=O) groups excluding carboxylic acids is 2. The molecule has 0 bridgehead atoms. The highest BCUT2D eigenvalue weighted by Crippen LogP contribution is 2.27. The van der Waals surface area contributed by atoms with Gasteiger partial charge in [-0.2, -0.15) is 0 Å². The Labute approximate surface area is 249 Å². The molecule has 3 aromatic carbocycles. The summed E-state index contributed by atoms with van der Waals surface area (Å²) in [5.74, 6) is -0.525. The van der Waals surface area contributed by atoms with Gasteiger partial charge in [-0.15, -0.1) is 0 Å². The summed E-state index contributed by atoms with van der Waals surface area (Å²) in [4.78, 5) is 28.9. The quantitative estimate of drug-likeness (QED) is 0.218. The van der Waals surface area contributed by atoms with E-state index < -0.39 is 28.5 Å². The molecule has 1 atom stereocenters. The molecule has 220 valence electrons. The molecule has 7 nitrogen and oxygen atoms in total. The number of unbranched alkanes of at least 4 members (excludes halogenated alkanes) is 1. The summed E-state index contributed by atoms with van der Waals surface area (Å²) >= 11 is 6.45. The molecule has 0 saturated carbocycles. The Balaban J connectivity index is 2.05. The Morgan fingerprint density at radius 3 is 2.12 bits per heavy atom. The second-order valence-corrected chi connectivity index (χ2v) is 12.5. The lowest BCUT2D eigenvalue weighted by Crippen LogP contribution is -2.52. The fourth-order valence-electron chi connectivity index (χ4n) is 4.51. The van der Waals surface area contributed by atoms with Crippen LogP contribution in [0.3, 0.4) is 0 Å². The number of benzene rings is 3. The molecule has 0 fully saturated rings. The molecule has 0 unspecified atom stereocenters. The average molecular weight is 598 g/mol. The van der Waals surface area contributed by atoms with E-state index in [-0.39, 0.29) is 23.3 Å². The summed E-state index contributed by atoms with van der Waals surface area (Å²) in [5, 5.41) is 3.39. The number of hydrogen-bond donors (Lipinski definition) is 1. The zero-order valence-electron chi connectivity index (χ0n) is 24.2. The molecule has 0 aliphatic heterocycles. The van der Waals surface area contributed by atoms with Crippen LogP contribution in [0.5, 0.6) is 0 Å². The van der Waals surface area contributed by atoms with Gasteiger partial charge in [0.1, 0.15) is 12.6 Å². The van der Waals surface area contributed by atoms with Crippen LogP contribution in [0.1, 0.15) is 64.0 Å². The van der Waals surface area contributed by atoms with Crippen molar-refractivity contribution in [1.29, 1.82) is 0 Å². The molecular formula is C32H40ClN3O4S. The summed E-state index contributed by atoms with van der Waals surface area (Å²) in [5.41, 5.74) is 2.08. The van der Waals surface area contributed by atoms with Crippen molar-refractivity contribution in [1.82, 2.24) is 10.2 Å². The predicted molar refractivity (Wildman–Crippen MR) is 166 cm³/mol. The second kappa shape index (κ2) is 15.0. The Kier molecular flexibility index (Phi) is 11.8. The van der Waals surface area contributed by atoms with E-state index in [2.05, 4.69) is 19.2 Å². The molecule has 0 aliphatic rings. The normalized spacial score (nSPS) is 12.1. The van der Waals surface area contributed by atoms with Crippen molar-refractivity contribution in [3.05, 3.63) is 95.0 Å². The molecule has 0 heterocycles. The fourth-order valence-corrected chi connectivity index (χ4v) is 6.14. The van der Waals surface area contributed by atoms with Crippen molar-refractivity contribution >= 4 is 39.1 Å². The molecule has 2 amide bonds. The first-order chi connectivity index (χ1) is 19.6. The number of hydrogen-bond acceptors (Lipinski definition) is 4. The maximum Gasteiger partial charge on any atom is 0.264 e. The van der Waals surface area contributed by atoms with Gasteiger partial charge >= 0.3 is 0 Å². The minimum absolute atomic E-state index is 0.0592. The van der Waals surface area contributed by atoms with Crippen LogP contribution in [0, 0.1) is 0 Å². The monoisotopic (exact) mass is 597 g/mol. The van der Waals surface area contributed by atoms with Gasteiger partial charge in [-0.25, -0.2) is 8.42 Å². The van der Waals surface area contributed by atoms with Crippen LogP contribution in [0.2, 0.25) is 5.02 Å². The highest BCUT2D eigenvalue weighted by molar-refractivity contribution is 7.92. The summed E-state index contributed by atoms with van der Waals surface area (Å²) in [6, 6.07) is 21.5. The number of anilines is 1. The van der Waals surface area contributed by atoms with Crippen LogP contribution in [0.15, 0.2) is 83.8 Å². The number of halogens is 1. The third kappa shape index (κ3) is 8.33. The third-order valence-corrected chi connectivity index (χ3v) is 9.13. The lowest BCUT2D eigenvalue weighted by atomic mass is 10.0. The Hall–Kier alpha value is -3.36. The minimum Gasteiger partial charge on any atom is -0.354 e. The summed E-state index contributed by atoms with van der Waals surface area (Å²) < 4.78 is 29.0. The Morgan fingerprint density at radius 2 is 1.54 bits per heavy atom. The SMILES string of the molecule is CCCCNC(=O)[C@H](CC)N(Cc1ccccc1Cl)C(=O)CN(c1ccc(C(C)C)cc1)S(=O)(=O)c1ccccc1. The van der Waals surface area contributed by atoms with Gasteiger partial charge in [-0.3, -0.25) is 13.9 Å². The smallest absolute Gasteiger partial charge is 0.264 e. The zero-order chi connectivity index (χ0) is 30.0. The van der Waals surface area contributed by atoms with Crippen molar-refractivity contribution < 1.29 is 18.0 Å². The summed E-state index contributed by atoms with van der Waals surface area (Å²) in [6.45, 7) is 8.05. The molecule has 41 heavy (non-hydrogen) atoms. The van der Waals surface area contributed by atoms with Gasteiger partial charge in [0.25, 0.3) is 10.0 Å². The molecular weight excluding hydrogens is 558 g/mol. The zero-order valence-corrected chi connectivity index (χ0v) is 25.8. The molecule has 3 aromatic rings. The van der Waals surface area contributed by atoms with Crippen LogP contribution in [0.4, 0.5) is 5.69 Å². The van der Waals surface area contributed by atoms with Crippen molar-refractivity contribution in [3.8, 4) is 0 Å². The van der Waals surface area contributed by atoms with Gasteiger partial charge in [0.2, 0.25) is 11.8 Å². The molecule has 0 radical (unpaired) electrons. The van der Waals surface area contributed by atoms with E-state index in [1.54, 1.807) is 48.5 Å². The largest absolute Gasteiger partial charge is 0.354 e. The number of sulfonamides is 1. The lowest BCUT2D eigenvalue weighted by Gasteiger charge is -2.33. The highest BCUT2D eigenvalue weighted by Gasteiger charge is 2.33. The standard InChI is InChI=1S/C32H40ClN3O4S/c1-5-7-21-34-32(38)30(6-2)35(22-26-13-11-12-16-29(26)33)31(37)23-36(27-19-17-25(18-20-27)24(3)4)41(39,40)28-14-9-8-10-15-28/h8-20,24,30H,5-7,21-23H2,1-4H3,(H,34,38)/t30-/m0/s1.